The van der Waals surface area contributed by atoms with Crippen LogP contribution in [0.1, 0.15) is 34.6 Å². The second-order valence-electron chi connectivity index (χ2n) is 7.96. The molecule has 0 saturated heterocycles. The lowest BCUT2D eigenvalue weighted by Gasteiger charge is -2.19. The number of carbonyl (C=O) groups excluding carboxylic acids is 1. The van der Waals surface area contributed by atoms with E-state index in [9.17, 15) is 22.4 Å². The third-order valence-electron chi connectivity index (χ3n) is 5.44. The number of halogens is 4. The number of nitrogens with zero attached hydrogens (tertiary/aromatic N) is 1. The first-order valence-corrected chi connectivity index (χ1v) is 11.2. The molecule has 0 radical (unpaired) electrons. The predicted octanol–water partition coefficient (Wildman–Crippen LogP) is 6.69. The average Bonchev–Trinajstić information content (AvgIpc) is 2.84. The van der Waals surface area contributed by atoms with Crippen LogP contribution in [0.4, 0.5) is 28.9 Å². The number of carbonyl (C=O) groups is 1. The average molecular weight is 513 g/mol. The quantitative estimate of drug-likeness (QED) is 0.205. The van der Waals surface area contributed by atoms with Crippen molar-refractivity contribution in [2.24, 2.45) is 0 Å². The van der Waals surface area contributed by atoms with Gasteiger partial charge in [0.25, 0.3) is 5.91 Å². The van der Waals surface area contributed by atoms with E-state index in [2.05, 4.69) is 20.9 Å². The fraction of sp³-hybridized carbons (Fsp3) is 0.115. The molecule has 0 spiro atoms. The van der Waals surface area contributed by atoms with Crippen LogP contribution in [0.15, 0.2) is 79.0 Å². The van der Waals surface area contributed by atoms with Crippen LogP contribution >= 0.6 is 12.2 Å². The summed E-state index contributed by atoms with van der Waals surface area (Å²) >= 11 is 5.23. The third kappa shape index (κ3) is 5.77. The Morgan fingerprint density at radius 1 is 0.972 bits per heavy atom. The summed E-state index contributed by atoms with van der Waals surface area (Å²) in [6.07, 6.45) is -3.32. The Hall–Kier alpha value is -4.05. The molecule has 1 amide bonds. The second kappa shape index (κ2) is 10.3. The van der Waals surface area contributed by atoms with Gasteiger partial charge in [0.15, 0.2) is 5.11 Å². The lowest BCUT2D eigenvalue weighted by Crippen LogP contribution is -2.31. The van der Waals surface area contributed by atoms with Crippen molar-refractivity contribution >= 4 is 45.4 Å². The number of fused-ring (bicyclic) bond motifs is 1. The molecule has 5 nitrogen and oxygen atoms in total. The van der Waals surface area contributed by atoms with Crippen molar-refractivity contribution in [1.82, 2.24) is 10.3 Å². The maximum Gasteiger partial charge on any atom is 0.418 e. The van der Waals surface area contributed by atoms with E-state index in [1.54, 1.807) is 49.4 Å². The number of benzene rings is 3. The van der Waals surface area contributed by atoms with Gasteiger partial charge in [0.1, 0.15) is 11.5 Å². The number of alkyl halides is 3. The zero-order chi connectivity index (χ0) is 25.9. The smallest absolute Gasteiger partial charge is 0.356 e. The van der Waals surface area contributed by atoms with Gasteiger partial charge in [-0.3, -0.25) is 9.78 Å². The van der Waals surface area contributed by atoms with Crippen LogP contribution in [0, 0.1) is 5.82 Å². The van der Waals surface area contributed by atoms with Crippen LogP contribution in [-0.2, 0) is 6.18 Å². The number of amides is 1. The van der Waals surface area contributed by atoms with E-state index < -0.39 is 23.3 Å². The highest BCUT2D eigenvalue weighted by Crippen LogP contribution is 2.37. The Kier molecular flexibility index (Phi) is 7.16. The molecule has 36 heavy (non-hydrogen) atoms. The van der Waals surface area contributed by atoms with E-state index in [1.807, 2.05) is 0 Å². The summed E-state index contributed by atoms with van der Waals surface area (Å²) in [5.74, 6) is -1.14. The van der Waals surface area contributed by atoms with Crippen LogP contribution in [0.25, 0.3) is 10.8 Å². The largest absolute Gasteiger partial charge is 0.418 e. The summed E-state index contributed by atoms with van der Waals surface area (Å²) < 4.78 is 54.7. The number of hydrogen-bond acceptors (Lipinski definition) is 3. The maximum absolute atomic E-state index is 13.9. The van der Waals surface area contributed by atoms with Crippen molar-refractivity contribution in [3.05, 3.63) is 102 Å². The minimum Gasteiger partial charge on any atom is -0.356 e. The Bertz CT molecular complexity index is 1420. The molecule has 0 fully saturated rings. The SMILES string of the molecule is CC(NC(=S)Nc1ccc(NC(=O)c2nccc3ccccc23)c(C(F)(F)F)c1)c1ccc(F)cc1. The molecule has 0 aliphatic rings. The number of hydrogen-bond donors (Lipinski definition) is 3. The highest BCUT2D eigenvalue weighted by molar-refractivity contribution is 7.80. The number of rotatable bonds is 5. The Balaban J connectivity index is 1.53. The molecule has 0 saturated carbocycles. The molecule has 3 aromatic carbocycles. The zero-order valence-electron chi connectivity index (χ0n) is 18.9. The van der Waals surface area contributed by atoms with Gasteiger partial charge in [-0.2, -0.15) is 13.2 Å². The molecular weight excluding hydrogens is 492 g/mol. The van der Waals surface area contributed by atoms with Crippen molar-refractivity contribution in [3.8, 4) is 0 Å². The van der Waals surface area contributed by atoms with Gasteiger partial charge in [-0.1, -0.05) is 36.4 Å². The van der Waals surface area contributed by atoms with E-state index in [4.69, 9.17) is 12.2 Å². The number of aromatic nitrogens is 1. The molecular formula is C26H20F4N4OS. The first kappa shape index (κ1) is 25.1. The van der Waals surface area contributed by atoms with Crippen molar-refractivity contribution in [1.29, 1.82) is 0 Å². The van der Waals surface area contributed by atoms with Gasteiger partial charge < -0.3 is 16.0 Å². The molecule has 1 atom stereocenters. The molecule has 1 aromatic heterocycles. The Morgan fingerprint density at radius 2 is 1.69 bits per heavy atom. The zero-order valence-corrected chi connectivity index (χ0v) is 19.7. The highest BCUT2D eigenvalue weighted by Gasteiger charge is 2.34. The van der Waals surface area contributed by atoms with E-state index in [0.29, 0.717) is 5.39 Å². The van der Waals surface area contributed by atoms with Gasteiger partial charge in [-0.15, -0.1) is 0 Å². The van der Waals surface area contributed by atoms with E-state index in [-0.39, 0.29) is 28.4 Å². The molecule has 10 heteroatoms. The van der Waals surface area contributed by atoms with Crippen LogP contribution in [0.2, 0.25) is 0 Å². The first-order valence-electron chi connectivity index (χ1n) is 10.8. The number of thiocarbonyl (C=S) groups is 1. The molecule has 4 aromatic rings. The molecule has 3 N–H and O–H groups in total. The minimum atomic E-state index is -4.75. The van der Waals surface area contributed by atoms with Crippen molar-refractivity contribution in [2.45, 2.75) is 19.1 Å². The summed E-state index contributed by atoms with van der Waals surface area (Å²) in [6, 6.07) is 17.5. The van der Waals surface area contributed by atoms with Gasteiger partial charge >= 0.3 is 6.18 Å². The molecule has 0 aliphatic heterocycles. The fourth-order valence-corrected chi connectivity index (χ4v) is 3.94. The second-order valence-corrected chi connectivity index (χ2v) is 8.37. The van der Waals surface area contributed by atoms with Gasteiger partial charge in [0.2, 0.25) is 0 Å². The monoisotopic (exact) mass is 512 g/mol. The van der Waals surface area contributed by atoms with Gasteiger partial charge in [0.05, 0.1) is 17.3 Å². The van der Waals surface area contributed by atoms with E-state index in [0.717, 1.165) is 23.1 Å². The number of anilines is 2. The maximum atomic E-state index is 13.9. The third-order valence-corrected chi connectivity index (χ3v) is 5.66. The number of pyridine rings is 1. The summed E-state index contributed by atoms with van der Waals surface area (Å²) in [5, 5.41) is 9.35. The van der Waals surface area contributed by atoms with Crippen LogP contribution in [0.5, 0.6) is 0 Å². The standard InChI is InChI=1S/C26H20F4N4OS/c1-15(16-6-8-18(27)9-7-16)32-25(36)33-19-10-11-22(21(14-19)26(28,29)30)34-24(35)23-20-5-3-2-4-17(20)12-13-31-23/h2-15H,1H3,(H,34,35)(H2,32,33,36). The Labute approximate surface area is 209 Å². The van der Waals surface area contributed by atoms with Crippen molar-refractivity contribution in [2.75, 3.05) is 10.6 Å². The van der Waals surface area contributed by atoms with Crippen molar-refractivity contribution < 1.29 is 22.4 Å². The fourth-order valence-electron chi connectivity index (χ4n) is 3.65. The molecule has 1 unspecified atom stereocenters. The normalized spacial score (nSPS) is 12.1. The van der Waals surface area contributed by atoms with E-state index in [1.165, 1.54) is 24.4 Å². The van der Waals surface area contributed by atoms with Crippen LogP contribution in [-0.4, -0.2) is 16.0 Å². The summed E-state index contributed by atoms with van der Waals surface area (Å²) in [6.45, 7) is 1.78. The van der Waals surface area contributed by atoms with E-state index >= 15 is 0 Å². The molecule has 184 valence electrons. The molecule has 4 rings (SSSR count). The topological polar surface area (TPSA) is 66.0 Å². The molecule has 0 bridgehead atoms. The number of nitrogens with one attached hydrogen (secondary N) is 3. The minimum absolute atomic E-state index is 0.0172. The molecule has 0 aliphatic carbocycles. The summed E-state index contributed by atoms with van der Waals surface area (Å²) in [7, 11) is 0. The van der Waals surface area contributed by atoms with Crippen molar-refractivity contribution in [3.63, 3.8) is 0 Å². The summed E-state index contributed by atoms with van der Waals surface area (Å²) in [5.41, 5.74) is -0.616. The van der Waals surface area contributed by atoms with Gasteiger partial charge in [-0.05, 0) is 66.5 Å². The van der Waals surface area contributed by atoms with Gasteiger partial charge in [-0.25, -0.2) is 4.39 Å². The molecule has 1 heterocycles. The lowest BCUT2D eigenvalue weighted by molar-refractivity contribution is -0.136. The van der Waals surface area contributed by atoms with Crippen LogP contribution in [0.3, 0.4) is 0 Å². The highest BCUT2D eigenvalue weighted by atomic mass is 32.1. The summed E-state index contributed by atoms with van der Waals surface area (Å²) in [4.78, 5) is 16.9. The Morgan fingerprint density at radius 3 is 2.42 bits per heavy atom. The van der Waals surface area contributed by atoms with Crippen LogP contribution < -0.4 is 16.0 Å². The lowest BCUT2D eigenvalue weighted by atomic mass is 10.1. The predicted molar refractivity (Wildman–Crippen MR) is 135 cm³/mol. The van der Waals surface area contributed by atoms with Gasteiger partial charge in [0, 0.05) is 17.3 Å². The first-order chi connectivity index (χ1) is 17.1.